The summed E-state index contributed by atoms with van der Waals surface area (Å²) in [5.74, 6) is -0.0899. The molecule has 0 bridgehead atoms. The molecule has 234 valence electrons. The van der Waals surface area contributed by atoms with E-state index in [2.05, 4.69) is 15.8 Å². The molecule has 2 N–H and O–H groups in total. The Morgan fingerprint density at radius 3 is 2.29 bits per heavy atom. The van der Waals surface area contributed by atoms with Crippen LogP contribution in [0.15, 0.2) is 107 Å². The highest BCUT2D eigenvalue weighted by Crippen LogP contribution is 2.32. The molecule has 4 aromatic rings. The molecule has 2 amide bonds. The van der Waals surface area contributed by atoms with Crippen LogP contribution >= 0.6 is 11.6 Å². The first kappa shape index (κ1) is 33.0. The molecule has 10 nitrogen and oxygen atoms in total. The van der Waals surface area contributed by atoms with E-state index in [9.17, 15) is 18.0 Å². The minimum absolute atomic E-state index is 0.0156. The number of sulfonamides is 1. The summed E-state index contributed by atoms with van der Waals surface area (Å²) in [7, 11) is -2.69. The molecule has 0 heterocycles. The topological polar surface area (TPSA) is 126 Å². The van der Waals surface area contributed by atoms with Crippen molar-refractivity contribution in [3.63, 3.8) is 0 Å². The van der Waals surface area contributed by atoms with Crippen LogP contribution in [0.5, 0.6) is 11.5 Å². The highest BCUT2D eigenvalue weighted by molar-refractivity contribution is 7.92. The minimum Gasteiger partial charge on any atom is -0.495 e. The lowest BCUT2D eigenvalue weighted by molar-refractivity contribution is -0.123. The van der Waals surface area contributed by atoms with E-state index in [1.54, 1.807) is 36.4 Å². The van der Waals surface area contributed by atoms with Gasteiger partial charge in [-0.3, -0.25) is 13.9 Å². The van der Waals surface area contributed by atoms with Gasteiger partial charge in [-0.2, -0.15) is 5.10 Å². The third-order valence-electron chi connectivity index (χ3n) is 6.65. The van der Waals surface area contributed by atoms with Gasteiger partial charge in [0, 0.05) is 0 Å². The third-order valence-corrected chi connectivity index (χ3v) is 8.73. The summed E-state index contributed by atoms with van der Waals surface area (Å²) in [6, 6.07) is 26.9. The molecule has 0 saturated carbocycles. The number of aryl methyl sites for hydroxylation is 1. The Kier molecular flexibility index (Phi) is 11.2. The molecule has 4 aromatic carbocycles. The number of hydrazone groups is 1. The molecule has 1 atom stereocenters. The standard InChI is InChI=1S/C33H33ClN4O6S/c1-23-9-16-29(17-10-23)45(41,42)38(27-13-18-31(43-3)30(34)19-27)21-32(39)37-35-20-25-11-14-28(15-12-25)44-22-33(40)36-24(2)26-7-5-4-6-8-26/h4-20,24H,21-22H2,1-3H3,(H,36,40)(H,37,39)/b35-20-/t24-/m0/s1. The fourth-order valence-corrected chi connectivity index (χ4v) is 5.88. The predicted octanol–water partition coefficient (Wildman–Crippen LogP) is 5.26. The monoisotopic (exact) mass is 648 g/mol. The lowest BCUT2D eigenvalue weighted by Crippen LogP contribution is -2.39. The van der Waals surface area contributed by atoms with Crippen LogP contribution in [0.3, 0.4) is 0 Å². The van der Waals surface area contributed by atoms with Gasteiger partial charge in [-0.05, 0) is 79.6 Å². The van der Waals surface area contributed by atoms with Gasteiger partial charge in [0.1, 0.15) is 18.0 Å². The molecule has 0 saturated heterocycles. The van der Waals surface area contributed by atoms with Crippen LogP contribution in [0.2, 0.25) is 5.02 Å². The number of carbonyl (C=O) groups excluding carboxylic acids is 2. The van der Waals surface area contributed by atoms with E-state index in [0.29, 0.717) is 17.1 Å². The number of anilines is 1. The highest BCUT2D eigenvalue weighted by Gasteiger charge is 2.28. The first-order chi connectivity index (χ1) is 21.6. The fourth-order valence-electron chi connectivity index (χ4n) is 4.21. The number of carbonyl (C=O) groups is 2. The van der Waals surface area contributed by atoms with Gasteiger partial charge in [-0.1, -0.05) is 59.6 Å². The molecule has 0 fully saturated rings. The molecule has 0 aliphatic carbocycles. The van der Waals surface area contributed by atoms with Crippen molar-refractivity contribution in [3.05, 3.63) is 119 Å². The smallest absolute Gasteiger partial charge is 0.264 e. The maximum Gasteiger partial charge on any atom is 0.264 e. The van der Waals surface area contributed by atoms with Gasteiger partial charge in [-0.15, -0.1) is 0 Å². The summed E-state index contributed by atoms with van der Waals surface area (Å²) in [5, 5.41) is 7.05. The molecule has 0 aromatic heterocycles. The van der Waals surface area contributed by atoms with Crippen molar-refractivity contribution in [2.45, 2.75) is 24.8 Å². The Morgan fingerprint density at radius 2 is 1.64 bits per heavy atom. The third kappa shape index (κ3) is 9.07. The number of benzene rings is 4. The number of amides is 2. The van der Waals surface area contributed by atoms with Crippen LogP contribution < -0.4 is 24.5 Å². The summed E-state index contributed by atoms with van der Waals surface area (Å²) < 4.78 is 38.9. The lowest BCUT2D eigenvalue weighted by atomic mass is 10.1. The maximum absolute atomic E-state index is 13.6. The number of methoxy groups -OCH3 is 1. The number of halogens is 1. The van der Waals surface area contributed by atoms with Crippen LogP contribution in [-0.4, -0.2) is 46.7 Å². The molecule has 0 radical (unpaired) electrons. The zero-order chi connectivity index (χ0) is 32.4. The Labute approximate surface area is 267 Å². The summed E-state index contributed by atoms with van der Waals surface area (Å²) in [5.41, 5.74) is 5.07. The second-order valence-corrected chi connectivity index (χ2v) is 12.3. The average Bonchev–Trinajstić information content (AvgIpc) is 3.03. The van der Waals surface area contributed by atoms with Crippen LogP contribution in [0, 0.1) is 6.92 Å². The van der Waals surface area contributed by atoms with Crippen molar-refractivity contribution in [3.8, 4) is 11.5 Å². The van der Waals surface area contributed by atoms with Crippen LogP contribution in [-0.2, 0) is 19.6 Å². The summed E-state index contributed by atoms with van der Waals surface area (Å²) in [6.45, 7) is 3.03. The van der Waals surface area contributed by atoms with Gasteiger partial charge in [0.25, 0.3) is 21.8 Å². The van der Waals surface area contributed by atoms with Gasteiger partial charge in [-0.25, -0.2) is 13.8 Å². The molecule has 0 aliphatic heterocycles. The SMILES string of the molecule is COc1ccc(N(CC(=O)N/N=C\c2ccc(OCC(=O)N[C@@H](C)c3ccccc3)cc2)S(=O)(=O)c2ccc(C)cc2)cc1Cl. The quantitative estimate of drug-likeness (QED) is 0.151. The number of rotatable bonds is 13. The van der Waals surface area contributed by atoms with Crippen LogP contribution in [0.1, 0.15) is 29.7 Å². The molecular formula is C33H33ClN4O6S. The van der Waals surface area contributed by atoms with Crippen molar-refractivity contribution < 1.29 is 27.5 Å². The maximum atomic E-state index is 13.6. The molecule has 0 aliphatic rings. The first-order valence-electron chi connectivity index (χ1n) is 13.9. The minimum atomic E-state index is -4.14. The van der Waals surface area contributed by atoms with Crippen molar-refractivity contribution in [1.29, 1.82) is 0 Å². The van der Waals surface area contributed by atoms with Crippen molar-refractivity contribution >= 4 is 45.3 Å². The Bertz CT molecular complexity index is 1750. The van der Waals surface area contributed by atoms with E-state index in [1.165, 1.54) is 43.7 Å². The van der Waals surface area contributed by atoms with Crippen LogP contribution in [0.4, 0.5) is 5.69 Å². The van der Waals surface area contributed by atoms with E-state index < -0.39 is 22.5 Å². The van der Waals surface area contributed by atoms with E-state index in [4.69, 9.17) is 21.1 Å². The Morgan fingerprint density at radius 1 is 0.956 bits per heavy atom. The molecular weight excluding hydrogens is 616 g/mol. The van der Waals surface area contributed by atoms with E-state index in [0.717, 1.165) is 15.4 Å². The molecule has 0 spiro atoms. The molecule has 12 heteroatoms. The van der Waals surface area contributed by atoms with Gasteiger partial charge in [0.15, 0.2) is 6.61 Å². The summed E-state index contributed by atoms with van der Waals surface area (Å²) >= 11 is 6.27. The van der Waals surface area contributed by atoms with Crippen LogP contribution in [0.25, 0.3) is 0 Å². The van der Waals surface area contributed by atoms with Gasteiger partial charge >= 0.3 is 0 Å². The molecule has 0 unspecified atom stereocenters. The second-order valence-electron chi connectivity index (χ2n) is 9.99. The van der Waals surface area contributed by atoms with Gasteiger partial charge in [0.05, 0.1) is 35.0 Å². The molecule has 4 rings (SSSR count). The zero-order valence-electron chi connectivity index (χ0n) is 24.9. The van der Waals surface area contributed by atoms with E-state index >= 15 is 0 Å². The highest BCUT2D eigenvalue weighted by atomic mass is 35.5. The average molecular weight is 649 g/mol. The number of ether oxygens (including phenoxy) is 2. The van der Waals surface area contributed by atoms with Crippen molar-refractivity contribution in [2.75, 3.05) is 24.6 Å². The summed E-state index contributed by atoms with van der Waals surface area (Å²) in [4.78, 5) is 25.2. The first-order valence-corrected chi connectivity index (χ1v) is 15.7. The Balaban J connectivity index is 1.36. The second kappa shape index (κ2) is 15.2. The summed E-state index contributed by atoms with van der Waals surface area (Å²) in [6.07, 6.45) is 1.40. The Hall–Kier alpha value is -4.87. The normalized spacial score (nSPS) is 11.9. The number of hydrogen-bond donors (Lipinski definition) is 2. The fraction of sp³-hybridized carbons (Fsp3) is 0.182. The number of nitrogens with zero attached hydrogens (tertiary/aromatic N) is 2. The van der Waals surface area contributed by atoms with Gasteiger partial charge < -0.3 is 14.8 Å². The largest absolute Gasteiger partial charge is 0.495 e. The number of hydrogen-bond acceptors (Lipinski definition) is 7. The zero-order valence-corrected chi connectivity index (χ0v) is 26.5. The van der Waals surface area contributed by atoms with Gasteiger partial charge in [0.2, 0.25) is 0 Å². The lowest BCUT2D eigenvalue weighted by Gasteiger charge is -2.24. The van der Waals surface area contributed by atoms with E-state index in [-0.39, 0.29) is 34.2 Å². The van der Waals surface area contributed by atoms with Crippen molar-refractivity contribution in [2.24, 2.45) is 5.10 Å². The van der Waals surface area contributed by atoms with Crippen molar-refractivity contribution in [1.82, 2.24) is 10.7 Å². The number of nitrogens with one attached hydrogen (secondary N) is 2. The molecule has 45 heavy (non-hydrogen) atoms. The van der Waals surface area contributed by atoms with E-state index in [1.807, 2.05) is 44.2 Å². The predicted molar refractivity (Wildman–Crippen MR) is 174 cm³/mol.